The first-order chi connectivity index (χ1) is 12.0. The van der Waals surface area contributed by atoms with Gasteiger partial charge in [-0.1, -0.05) is 18.2 Å². The number of esters is 1. The van der Waals surface area contributed by atoms with Gasteiger partial charge >= 0.3 is 12.0 Å². The Balaban J connectivity index is 1.57. The topological polar surface area (TPSA) is 125 Å². The predicted molar refractivity (Wildman–Crippen MR) is 82.0 cm³/mol. The van der Waals surface area contributed by atoms with Crippen LogP contribution in [-0.4, -0.2) is 64.3 Å². The fourth-order valence-electron chi connectivity index (χ4n) is 2.81. The highest BCUT2D eigenvalue weighted by molar-refractivity contribution is 5.97. The van der Waals surface area contributed by atoms with E-state index in [1.807, 2.05) is 0 Å². The molecule has 9 heteroatoms. The number of urea groups is 1. The lowest BCUT2D eigenvalue weighted by atomic mass is 10.1. The normalized spacial score (nSPS) is 29.4. The van der Waals surface area contributed by atoms with Gasteiger partial charge in [-0.25, -0.2) is 9.59 Å². The van der Waals surface area contributed by atoms with Crippen LogP contribution in [-0.2, 0) is 14.3 Å². The minimum Gasteiger partial charge on any atom is -0.459 e. The summed E-state index contributed by atoms with van der Waals surface area (Å²) < 4.78 is 10.7. The molecule has 0 spiro atoms. The first kappa shape index (κ1) is 17.3. The van der Waals surface area contributed by atoms with Crippen molar-refractivity contribution in [3.63, 3.8) is 0 Å². The Kier molecular flexibility index (Phi) is 4.98. The zero-order valence-corrected chi connectivity index (χ0v) is 13.2. The number of aliphatic hydroxyl groups excluding tert-OH is 2. The van der Waals surface area contributed by atoms with Crippen molar-refractivity contribution < 1.29 is 34.1 Å². The summed E-state index contributed by atoms with van der Waals surface area (Å²) in [5.74, 6) is -1.14. The number of amides is 3. The number of carbonyl (C=O) groups is 3. The van der Waals surface area contributed by atoms with Crippen molar-refractivity contribution in [1.82, 2.24) is 10.2 Å². The second-order valence-corrected chi connectivity index (χ2v) is 5.84. The van der Waals surface area contributed by atoms with Crippen molar-refractivity contribution >= 4 is 17.9 Å². The predicted octanol–water partition coefficient (Wildman–Crippen LogP) is -0.420. The lowest BCUT2D eigenvalue weighted by molar-refractivity contribution is -0.141. The van der Waals surface area contributed by atoms with Gasteiger partial charge in [-0.05, 0) is 12.1 Å². The quantitative estimate of drug-likeness (QED) is 0.630. The molecule has 2 aliphatic rings. The van der Waals surface area contributed by atoms with Crippen molar-refractivity contribution in [3.8, 4) is 0 Å². The molecule has 0 saturated carbocycles. The van der Waals surface area contributed by atoms with Crippen LogP contribution in [0.1, 0.15) is 23.2 Å². The Morgan fingerprint density at radius 2 is 2.00 bits per heavy atom. The van der Waals surface area contributed by atoms with Crippen LogP contribution in [0.3, 0.4) is 0 Å². The molecule has 3 N–H and O–H groups in total. The van der Waals surface area contributed by atoms with E-state index in [0.717, 1.165) is 4.90 Å². The van der Waals surface area contributed by atoms with Crippen LogP contribution in [0.4, 0.5) is 4.79 Å². The molecule has 1 unspecified atom stereocenters. The average molecular weight is 350 g/mol. The van der Waals surface area contributed by atoms with Crippen molar-refractivity contribution in [2.75, 3.05) is 6.61 Å². The molecule has 1 aromatic rings. The van der Waals surface area contributed by atoms with E-state index in [1.165, 1.54) is 0 Å². The van der Waals surface area contributed by atoms with E-state index in [4.69, 9.17) is 9.47 Å². The van der Waals surface area contributed by atoms with E-state index in [-0.39, 0.29) is 19.4 Å². The molecule has 0 radical (unpaired) electrons. The zero-order chi connectivity index (χ0) is 18.0. The molecule has 0 bridgehead atoms. The molecule has 4 atom stereocenters. The number of aliphatic hydroxyl groups is 2. The third-order valence-corrected chi connectivity index (χ3v) is 4.07. The number of rotatable bonds is 4. The minimum absolute atomic E-state index is 0.0340. The summed E-state index contributed by atoms with van der Waals surface area (Å²) in [6.45, 7) is -0.199. The molecular formula is C16H18N2O7. The maximum absolute atomic E-state index is 11.9. The van der Waals surface area contributed by atoms with Crippen molar-refractivity contribution in [1.29, 1.82) is 0 Å². The van der Waals surface area contributed by atoms with E-state index in [0.29, 0.717) is 5.56 Å². The van der Waals surface area contributed by atoms with Gasteiger partial charge in [-0.15, -0.1) is 0 Å². The van der Waals surface area contributed by atoms with Crippen LogP contribution >= 0.6 is 0 Å². The minimum atomic E-state index is -1.33. The highest BCUT2D eigenvalue weighted by atomic mass is 16.6. The molecule has 134 valence electrons. The number of benzene rings is 1. The summed E-state index contributed by atoms with van der Waals surface area (Å²) in [4.78, 5) is 36.0. The number of nitrogens with zero attached hydrogens (tertiary/aromatic N) is 1. The zero-order valence-electron chi connectivity index (χ0n) is 13.2. The van der Waals surface area contributed by atoms with Gasteiger partial charge in [-0.2, -0.15) is 0 Å². The van der Waals surface area contributed by atoms with Crippen LogP contribution < -0.4 is 5.32 Å². The van der Waals surface area contributed by atoms with Crippen LogP contribution in [0.5, 0.6) is 0 Å². The van der Waals surface area contributed by atoms with Crippen molar-refractivity contribution in [2.45, 2.75) is 37.5 Å². The Hall–Kier alpha value is -2.49. The average Bonchev–Trinajstić information content (AvgIpc) is 2.93. The molecule has 2 heterocycles. The van der Waals surface area contributed by atoms with E-state index < -0.39 is 42.6 Å². The van der Waals surface area contributed by atoms with Crippen molar-refractivity contribution in [2.24, 2.45) is 0 Å². The highest BCUT2D eigenvalue weighted by Gasteiger charge is 2.44. The maximum atomic E-state index is 11.9. The fraction of sp³-hybridized carbons (Fsp3) is 0.438. The molecule has 2 saturated heterocycles. The Morgan fingerprint density at radius 3 is 2.68 bits per heavy atom. The number of ether oxygens (including phenoxy) is 2. The summed E-state index contributed by atoms with van der Waals surface area (Å²) in [5, 5.41) is 22.1. The molecule has 9 nitrogen and oxygen atoms in total. The maximum Gasteiger partial charge on any atom is 0.338 e. The summed E-state index contributed by atoms with van der Waals surface area (Å²) in [7, 11) is 0. The molecule has 2 aliphatic heterocycles. The molecule has 3 rings (SSSR count). The second-order valence-electron chi connectivity index (χ2n) is 5.84. The van der Waals surface area contributed by atoms with Crippen LogP contribution in [0.2, 0.25) is 0 Å². The van der Waals surface area contributed by atoms with Gasteiger partial charge in [0.2, 0.25) is 5.91 Å². The molecule has 1 aromatic carbocycles. The van der Waals surface area contributed by atoms with Gasteiger partial charge in [0.25, 0.3) is 0 Å². The van der Waals surface area contributed by atoms with Gasteiger partial charge in [0.15, 0.2) is 0 Å². The molecular weight excluding hydrogens is 332 g/mol. The number of carbonyl (C=O) groups excluding carboxylic acids is 3. The number of imide groups is 1. The van der Waals surface area contributed by atoms with Gasteiger partial charge in [0.05, 0.1) is 18.1 Å². The van der Waals surface area contributed by atoms with E-state index >= 15 is 0 Å². The molecule has 3 amide bonds. The van der Waals surface area contributed by atoms with Crippen molar-refractivity contribution in [3.05, 3.63) is 35.9 Å². The summed E-state index contributed by atoms with van der Waals surface area (Å²) in [6.07, 6.45) is -4.30. The first-order valence-corrected chi connectivity index (χ1v) is 7.81. The Bertz CT molecular complexity index is 666. The largest absolute Gasteiger partial charge is 0.459 e. The smallest absolute Gasteiger partial charge is 0.338 e. The van der Waals surface area contributed by atoms with Gasteiger partial charge in [0.1, 0.15) is 25.2 Å². The van der Waals surface area contributed by atoms with Crippen LogP contribution in [0, 0.1) is 0 Å². The first-order valence-electron chi connectivity index (χ1n) is 7.81. The lowest BCUT2D eigenvalue weighted by Crippen LogP contribution is -2.58. The number of hydrogen-bond acceptors (Lipinski definition) is 7. The summed E-state index contributed by atoms with van der Waals surface area (Å²) in [5.41, 5.74) is 0.371. The standard InChI is InChI=1S/C16H18N2O7/c19-10-6-14(18-13(21)7-12(20)17-16(18)23)25-11(10)8-24-15(22)9-4-2-1-3-5-9/h1-5,10-11,13-14,19,21H,6-8H2,(H,17,20,23)/t10-,11+,13?,14+/m0/s1. The number of nitrogens with one attached hydrogen (secondary N) is 1. The van der Waals surface area contributed by atoms with E-state index in [9.17, 15) is 24.6 Å². The lowest BCUT2D eigenvalue weighted by Gasteiger charge is -2.35. The second kappa shape index (κ2) is 7.18. The SMILES string of the molecule is O=C1CC(O)N([C@H]2C[C@H](O)[C@@H](COC(=O)c3ccccc3)O2)C(=O)N1. The van der Waals surface area contributed by atoms with Crippen LogP contribution in [0.15, 0.2) is 30.3 Å². The van der Waals surface area contributed by atoms with Gasteiger partial charge < -0.3 is 19.7 Å². The molecule has 0 aromatic heterocycles. The Labute approximate surface area is 143 Å². The third-order valence-electron chi connectivity index (χ3n) is 4.07. The monoisotopic (exact) mass is 350 g/mol. The third kappa shape index (κ3) is 3.78. The van der Waals surface area contributed by atoms with Gasteiger partial charge in [-0.3, -0.25) is 15.0 Å². The molecule has 25 heavy (non-hydrogen) atoms. The van der Waals surface area contributed by atoms with Gasteiger partial charge in [0, 0.05) is 6.42 Å². The summed E-state index contributed by atoms with van der Waals surface area (Å²) >= 11 is 0. The fourth-order valence-corrected chi connectivity index (χ4v) is 2.81. The van der Waals surface area contributed by atoms with E-state index in [2.05, 4.69) is 5.32 Å². The Morgan fingerprint density at radius 1 is 1.28 bits per heavy atom. The molecule has 0 aliphatic carbocycles. The number of hydrogen-bond donors (Lipinski definition) is 3. The van der Waals surface area contributed by atoms with Crippen LogP contribution in [0.25, 0.3) is 0 Å². The molecule has 2 fully saturated rings. The summed E-state index contributed by atoms with van der Waals surface area (Å²) in [6, 6.07) is 7.58. The highest BCUT2D eigenvalue weighted by Crippen LogP contribution is 2.27. The van der Waals surface area contributed by atoms with E-state index in [1.54, 1.807) is 30.3 Å².